The zero-order valence-corrected chi connectivity index (χ0v) is 6.33. The Balaban J connectivity index is 0.000000810. The summed E-state index contributed by atoms with van der Waals surface area (Å²) in [5, 5.41) is 0. The average molecular weight is 173 g/mol. The summed E-state index contributed by atoms with van der Waals surface area (Å²) < 4.78 is 35.3. The molecule has 1 aliphatic rings. The Kier molecular flexibility index (Phi) is 2.64. The first kappa shape index (κ1) is 10.1. The third kappa shape index (κ3) is 1.40. The highest BCUT2D eigenvalue weighted by Gasteiger charge is 2.55. The van der Waals surface area contributed by atoms with E-state index < -0.39 is 11.7 Å². The van der Waals surface area contributed by atoms with E-state index in [-0.39, 0.29) is 26.3 Å². The maximum atomic E-state index is 11.8. The molecule has 0 aromatic heterocycles. The van der Waals surface area contributed by atoms with Gasteiger partial charge in [0.2, 0.25) is 0 Å². The monoisotopic (exact) mass is 173 g/mol. The van der Waals surface area contributed by atoms with Gasteiger partial charge in [-0.1, -0.05) is 0 Å². The molecule has 10 heavy (non-hydrogen) atoms. The van der Waals surface area contributed by atoms with Crippen LogP contribution in [-0.2, 0) is 0 Å². The zero-order valence-electron chi connectivity index (χ0n) is 5.33. The van der Waals surface area contributed by atoms with Gasteiger partial charge >= 0.3 is 6.18 Å². The van der Waals surface area contributed by atoms with Gasteiger partial charge in [0.1, 0.15) is 5.54 Å². The predicted octanol–water partition coefficient (Wildman–Crippen LogP) is 1.54. The van der Waals surface area contributed by atoms with Crippen LogP contribution < -0.4 is 5.73 Å². The van der Waals surface area contributed by atoms with Crippen molar-refractivity contribution in [1.29, 1.82) is 0 Å². The largest absolute Gasteiger partial charge is 0.406 e. The van der Waals surface area contributed by atoms with Crippen LogP contribution in [0.4, 0.5) is 13.2 Å². The molecule has 0 bridgehead atoms. The molecule has 0 aromatic carbocycles. The van der Waals surface area contributed by atoms with E-state index in [0.717, 1.165) is 0 Å². The molecule has 1 nitrogen and oxygen atoms in total. The highest BCUT2D eigenvalue weighted by atomic mass is 32.1. The molecule has 0 saturated heterocycles. The smallest absolute Gasteiger partial charge is 0.318 e. The van der Waals surface area contributed by atoms with Gasteiger partial charge in [-0.2, -0.15) is 26.7 Å². The molecule has 0 radical (unpaired) electrons. The van der Waals surface area contributed by atoms with Crippen LogP contribution in [0.5, 0.6) is 0 Å². The standard InChI is InChI=1S/C5H8F3N.H2S/c6-5(7,8)4(9)2-1-3-4;/h1-3,9H2;1H2. The molecule has 0 aliphatic heterocycles. The molecule has 5 heteroatoms. The molecule has 0 heterocycles. The predicted molar refractivity (Wildman–Crippen MR) is 37.2 cm³/mol. The van der Waals surface area contributed by atoms with Crippen molar-refractivity contribution in [3.63, 3.8) is 0 Å². The molecule has 1 rings (SSSR count). The molecule has 62 valence electrons. The summed E-state index contributed by atoms with van der Waals surface area (Å²) in [5.74, 6) is 0. The van der Waals surface area contributed by atoms with Gasteiger partial charge in [0.15, 0.2) is 0 Å². The van der Waals surface area contributed by atoms with Gasteiger partial charge in [0.25, 0.3) is 0 Å². The van der Waals surface area contributed by atoms with E-state index in [0.29, 0.717) is 6.42 Å². The van der Waals surface area contributed by atoms with E-state index in [1.807, 2.05) is 0 Å². The number of halogens is 3. The molecule has 1 saturated carbocycles. The molecule has 0 amide bonds. The third-order valence-electron chi connectivity index (χ3n) is 1.81. The third-order valence-corrected chi connectivity index (χ3v) is 1.81. The second kappa shape index (κ2) is 2.62. The van der Waals surface area contributed by atoms with E-state index in [1.165, 1.54) is 0 Å². The van der Waals surface area contributed by atoms with Crippen molar-refractivity contribution in [2.75, 3.05) is 0 Å². The van der Waals surface area contributed by atoms with Gasteiger partial charge in [-0.15, -0.1) is 0 Å². The fourth-order valence-corrected chi connectivity index (χ4v) is 0.841. The average Bonchev–Trinajstić information content (AvgIpc) is 1.57. The summed E-state index contributed by atoms with van der Waals surface area (Å²) in [4.78, 5) is 0. The van der Waals surface area contributed by atoms with Gasteiger partial charge in [0.05, 0.1) is 0 Å². The molecule has 2 N–H and O–H groups in total. The van der Waals surface area contributed by atoms with E-state index in [4.69, 9.17) is 5.73 Å². The van der Waals surface area contributed by atoms with Crippen LogP contribution in [0.3, 0.4) is 0 Å². The summed E-state index contributed by atoms with van der Waals surface area (Å²) in [5.41, 5.74) is 3.11. The zero-order chi connectivity index (χ0) is 7.12. The fraction of sp³-hybridized carbons (Fsp3) is 1.00. The van der Waals surface area contributed by atoms with Crippen LogP contribution in [0, 0.1) is 0 Å². The Hall–Kier alpha value is 0.100. The quantitative estimate of drug-likeness (QED) is 0.590. The first-order valence-electron chi connectivity index (χ1n) is 2.81. The molecular weight excluding hydrogens is 163 g/mol. The van der Waals surface area contributed by atoms with Crippen molar-refractivity contribution in [2.24, 2.45) is 5.73 Å². The van der Waals surface area contributed by atoms with Gasteiger partial charge in [-0.3, -0.25) is 0 Å². The maximum absolute atomic E-state index is 11.8. The molecule has 0 spiro atoms. The van der Waals surface area contributed by atoms with Crippen molar-refractivity contribution in [3.8, 4) is 0 Å². The summed E-state index contributed by atoms with van der Waals surface area (Å²) >= 11 is 0. The first-order chi connectivity index (χ1) is 3.96. The van der Waals surface area contributed by atoms with E-state index >= 15 is 0 Å². The van der Waals surface area contributed by atoms with Crippen molar-refractivity contribution < 1.29 is 13.2 Å². The fourth-order valence-electron chi connectivity index (χ4n) is 0.841. The lowest BCUT2D eigenvalue weighted by molar-refractivity contribution is -0.206. The Morgan fingerprint density at radius 3 is 1.60 bits per heavy atom. The van der Waals surface area contributed by atoms with E-state index in [1.54, 1.807) is 0 Å². The van der Waals surface area contributed by atoms with Gasteiger partial charge in [-0.25, -0.2) is 0 Å². The molecule has 0 atom stereocenters. The van der Waals surface area contributed by atoms with Crippen molar-refractivity contribution >= 4 is 13.5 Å². The van der Waals surface area contributed by atoms with Crippen molar-refractivity contribution in [2.45, 2.75) is 31.0 Å². The van der Waals surface area contributed by atoms with Crippen LogP contribution >= 0.6 is 13.5 Å². The van der Waals surface area contributed by atoms with Gasteiger partial charge in [0, 0.05) is 0 Å². The minimum absolute atomic E-state index is 0. The highest BCUT2D eigenvalue weighted by molar-refractivity contribution is 7.59. The second-order valence-corrected chi connectivity index (χ2v) is 2.51. The molecular formula is C5H10F3NS. The van der Waals surface area contributed by atoms with Gasteiger partial charge in [-0.05, 0) is 19.3 Å². The van der Waals surface area contributed by atoms with E-state index in [9.17, 15) is 13.2 Å². The lowest BCUT2D eigenvalue weighted by atomic mass is 9.77. The number of hydrogen-bond acceptors (Lipinski definition) is 1. The minimum Gasteiger partial charge on any atom is -0.318 e. The SMILES string of the molecule is NC1(C(F)(F)F)CCC1.S. The summed E-state index contributed by atoms with van der Waals surface area (Å²) in [6, 6.07) is 0. The highest BCUT2D eigenvalue weighted by Crippen LogP contribution is 2.42. The van der Waals surface area contributed by atoms with Crippen LogP contribution in [0.25, 0.3) is 0 Å². The Morgan fingerprint density at radius 1 is 1.20 bits per heavy atom. The van der Waals surface area contributed by atoms with Crippen LogP contribution in [-0.4, -0.2) is 11.7 Å². The minimum atomic E-state index is -4.19. The summed E-state index contributed by atoms with van der Waals surface area (Å²) in [7, 11) is 0. The molecule has 0 unspecified atom stereocenters. The Morgan fingerprint density at radius 2 is 1.60 bits per heavy atom. The second-order valence-electron chi connectivity index (χ2n) is 2.51. The Labute approximate surface area is 64.2 Å². The molecule has 1 aliphatic carbocycles. The topological polar surface area (TPSA) is 26.0 Å². The van der Waals surface area contributed by atoms with Crippen molar-refractivity contribution in [3.05, 3.63) is 0 Å². The maximum Gasteiger partial charge on any atom is 0.406 e. The van der Waals surface area contributed by atoms with Crippen LogP contribution in [0.2, 0.25) is 0 Å². The lowest BCUT2D eigenvalue weighted by Gasteiger charge is -2.39. The number of nitrogens with two attached hydrogens (primary N) is 1. The van der Waals surface area contributed by atoms with Crippen molar-refractivity contribution in [1.82, 2.24) is 0 Å². The lowest BCUT2D eigenvalue weighted by Crippen LogP contribution is -2.58. The molecule has 1 fully saturated rings. The van der Waals surface area contributed by atoms with E-state index in [2.05, 4.69) is 0 Å². The number of alkyl halides is 3. The normalized spacial score (nSPS) is 22.8. The summed E-state index contributed by atoms with van der Waals surface area (Å²) in [6.45, 7) is 0. The first-order valence-corrected chi connectivity index (χ1v) is 2.81. The molecule has 0 aromatic rings. The van der Waals surface area contributed by atoms with Gasteiger partial charge < -0.3 is 5.73 Å². The van der Waals surface area contributed by atoms with Crippen LogP contribution in [0.1, 0.15) is 19.3 Å². The number of hydrogen-bond donors (Lipinski definition) is 1. The summed E-state index contributed by atoms with van der Waals surface area (Å²) in [6.07, 6.45) is -3.39. The number of rotatable bonds is 0. The van der Waals surface area contributed by atoms with Crippen LogP contribution in [0.15, 0.2) is 0 Å². The Bertz CT molecular complexity index is 119.